The van der Waals surface area contributed by atoms with Gasteiger partial charge in [0, 0.05) is 35.6 Å². The Balaban J connectivity index is 1.46. The van der Waals surface area contributed by atoms with Crippen LogP contribution in [0.4, 0.5) is 0 Å². The van der Waals surface area contributed by atoms with Gasteiger partial charge in [0.15, 0.2) is 0 Å². The van der Waals surface area contributed by atoms with Crippen molar-refractivity contribution in [3.63, 3.8) is 0 Å². The van der Waals surface area contributed by atoms with Crippen molar-refractivity contribution in [1.82, 2.24) is 20.4 Å². The van der Waals surface area contributed by atoms with Crippen molar-refractivity contribution in [2.24, 2.45) is 11.8 Å². The summed E-state index contributed by atoms with van der Waals surface area (Å²) in [5.41, 5.74) is 0.951. The summed E-state index contributed by atoms with van der Waals surface area (Å²) in [6.07, 6.45) is 10.6. The van der Waals surface area contributed by atoms with Gasteiger partial charge in [0.1, 0.15) is 0 Å². The summed E-state index contributed by atoms with van der Waals surface area (Å²) in [7, 11) is 2.16. The first kappa shape index (κ1) is 28.4. The fourth-order valence-corrected chi connectivity index (χ4v) is 6.69. The molecule has 2 saturated heterocycles. The lowest BCUT2D eigenvalue weighted by atomic mass is 9.69. The molecule has 1 aromatic rings. The van der Waals surface area contributed by atoms with Crippen LogP contribution in [-0.4, -0.2) is 72.5 Å². The number of carbonyl (C=O) groups is 2. The molecule has 3 fully saturated rings. The zero-order valence-electron chi connectivity index (χ0n) is 23.1. The SMILES string of the molecule is CC(C)C(=O)NC1(C2CCCCC2)CCN(C(=O)[C@@H](Cc2ccc(Cl)cc2)NC2CCN(C)CC2)CC1. The van der Waals surface area contributed by atoms with Crippen molar-refractivity contribution in [3.8, 4) is 0 Å². The summed E-state index contributed by atoms with van der Waals surface area (Å²) in [5, 5.41) is 7.96. The standard InChI is InChI=1S/C30H47ClN4O2/c1-22(2)28(36)33-30(24-7-5-4-6-8-24)15-19-35(20-16-30)29(37)27(21-23-9-11-25(31)12-10-23)32-26-13-17-34(3)18-14-26/h9-12,22,24,26-27,32H,4-8,13-21H2,1-3H3,(H,33,36)/t27-/m1/s1. The molecule has 1 aliphatic carbocycles. The maximum atomic E-state index is 14.0. The third-order valence-corrected chi connectivity index (χ3v) is 9.31. The van der Waals surface area contributed by atoms with Gasteiger partial charge in [-0.15, -0.1) is 0 Å². The zero-order chi connectivity index (χ0) is 26.4. The van der Waals surface area contributed by atoms with Crippen LogP contribution in [0, 0.1) is 11.8 Å². The van der Waals surface area contributed by atoms with E-state index in [4.69, 9.17) is 11.6 Å². The van der Waals surface area contributed by atoms with E-state index in [2.05, 4.69) is 27.5 Å². The molecule has 2 heterocycles. The average molecular weight is 531 g/mol. The summed E-state index contributed by atoms with van der Waals surface area (Å²) < 4.78 is 0. The minimum absolute atomic E-state index is 0.0254. The predicted octanol–water partition coefficient (Wildman–Crippen LogP) is 4.65. The summed E-state index contributed by atoms with van der Waals surface area (Å²) in [6, 6.07) is 7.99. The number of amides is 2. The number of halogens is 1. The van der Waals surface area contributed by atoms with Gasteiger partial charge in [-0.1, -0.05) is 56.8 Å². The molecule has 0 unspecified atom stereocenters. The molecule has 1 atom stereocenters. The lowest BCUT2D eigenvalue weighted by molar-refractivity contribution is -0.137. The number of benzene rings is 1. The zero-order valence-corrected chi connectivity index (χ0v) is 23.9. The van der Waals surface area contributed by atoms with E-state index < -0.39 is 0 Å². The molecule has 2 N–H and O–H groups in total. The molecular formula is C30H47ClN4O2. The first-order chi connectivity index (χ1) is 17.8. The van der Waals surface area contributed by atoms with Gasteiger partial charge in [0.25, 0.3) is 0 Å². The Kier molecular flexibility index (Phi) is 9.93. The first-order valence-corrected chi connectivity index (χ1v) is 14.9. The lowest BCUT2D eigenvalue weighted by Crippen LogP contribution is -2.62. The molecular weight excluding hydrogens is 484 g/mol. The van der Waals surface area contributed by atoms with E-state index in [1.54, 1.807) is 0 Å². The number of carbonyl (C=O) groups excluding carboxylic acids is 2. The summed E-state index contributed by atoms with van der Waals surface area (Å²) >= 11 is 6.12. The second-order valence-corrected chi connectivity index (χ2v) is 12.5. The summed E-state index contributed by atoms with van der Waals surface area (Å²) in [4.78, 5) is 31.2. The topological polar surface area (TPSA) is 64.7 Å². The molecule has 37 heavy (non-hydrogen) atoms. The largest absolute Gasteiger partial charge is 0.350 e. The van der Waals surface area contributed by atoms with Gasteiger partial charge in [-0.05, 0) is 88.7 Å². The van der Waals surface area contributed by atoms with Crippen LogP contribution in [0.1, 0.15) is 77.2 Å². The summed E-state index contributed by atoms with van der Waals surface area (Å²) in [5.74, 6) is 0.835. The number of hydrogen-bond acceptors (Lipinski definition) is 4. The highest BCUT2D eigenvalue weighted by atomic mass is 35.5. The molecule has 2 amide bonds. The molecule has 0 radical (unpaired) electrons. The second kappa shape index (κ2) is 12.9. The quantitative estimate of drug-likeness (QED) is 0.513. The molecule has 4 rings (SSSR count). The molecule has 1 saturated carbocycles. The van der Waals surface area contributed by atoms with E-state index in [0.717, 1.165) is 44.3 Å². The number of rotatable bonds is 8. The van der Waals surface area contributed by atoms with Crippen LogP contribution in [0.25, 0.3) is 0 Å². The van der Waals surface area contributed by atoms with Gasteiger partial charge in [-0.3, -0.25) is 9.59 Å². The van der Waals surface area contributed by atoms with Gasteiger partial charge in [-0.25, -0.2) is 0 Å². The molecule has 0 bridgehead atoms. The fourth-order valence-electron chi connectivity index (χ4n) is 6.56. The van der Waals surface area contributed by atoms with Crippen molar-refractivity contribution in [3.05, 3.63) is 34.9 Å². The molecule has 7 heteroatoms. The number of likely N-dealkylation sites (tertiary alicyclic amines) is 2. The Labute approximate surface area is 228 Å². The van der Waals surface area contributed by atoms with E-state index in [-0.39, 0.29) is 29.3 Å². The first-order valence-electron chi connectivity index (χ1n) is 14.6. The van der Waals surface area contributed by atoms with Gasteiger partial charge in [0.2, 0.25) is 11.8 Å². The van der Waals surface area contributed by atoms with E-state index in [0.29, 0.717) is 36.5 Å². The Bertz CT molecular complexity index is 883. The van der Waals surface area contributed by atoms with E-state index in [1.165, 1.54) is 32.1 Å². The molecule has 0 aromatic heterocycles. The molecule has 1 aromatic carbocycles. The van der Waals surface area contributed by atoms with Crippen LogP contribution in [-0.2, 0) is 16.0 Å². The van der Waals surface area contributed by atoms with Crippen molar-refractivity contribution in [2.45, 2.75) is 95.7 Å². The van der Waals surface area contributed by atoms with Crippen LogP contribution in [0.5, 0.6) is 0 Å². The van der Waals surface area contributed by atoms with Crippen molar-refractivity contribution in [1.29, 1.82) is 0 Å². The Morgan fingerprint density at radius 1 is 0.973 bits per heavy atom. The van der Waals surface area contributed by atoms with Crippen molar-refractivity contribution >= 4 is 23.4 Å². The average Bonchev–Trinajstić information content (AvgIpc) is 2.91. The van der Waals surface area contributed by atoms with Gasteiger partial charge in [0.05, 0.1) is 6.04 Å². The normalized spacial score (nSPS) is 22.7. The number of piperidine rings is 2. The molecule has 0 spiro atoms. The lowest BCUT2D eigenvalue weighted by Gasteiger charge is -2.49. The maximum absolute atomic E-state index is 14.0. The van der Waals surface area contributed by atoms with Crippen LogP contribution < -0.4 is 10.6 Å². The Morgan fingerprint density at radius 3 is 2.19 bits per heavy atom. The number of nitrogens with one attached hydrogen (secondary N) is 2. The fraction of sp³-hybridized carbons (Fsp3) is 0.733. The maximum Gasteiger partial charge on any atom is 0.240 e. The monoisotopic (exact) mass is 530 g/mol. The van der Waals surface area contributed by atoms with Crippen LogP contribution in [0.15, 0.2) is 24.3 Å². The molecule has 2 aliphatic heterocycles. The molecule has 206 valence electrons. The van der Waals surface area contributed by atoms with E-state index in [9.17, 15) is 9.59 Å². The highest BCUT2D eigenvalue weighted by molar-refractivity contribution is 6.30. The third kappa shape index (κ3) is 7.48. The smallest absolute Gasteiger partial charge is 0.240 e. The van der Waals surface area contributed by atoms with Gasteiger partial charge < -0.3 is 20.4 Å². The van der Waals surface area contributed by atoms with E-state index in [1.807, 2.05) is 38.1 Å². The molecule has 3 aliphatic rings. The third-order valence-electron chi connectivity index (χ3n) is 9.06. The van der Waals surface area contributed by atoms with Crippen LogP contribution in [0.3, 0.4) is 0 Å². The highest BCUT2D eigenvalue weighted by Crippen LogP contribution is 2.39. The number of nitrogens with zero attached hydrogens (tertiary/aromatic N) is 2. The number of hydrogen-bond donors (Lipinski definition) is 2. The Hall–Kier alpha value is -1.63. The van der Waals surface area contributed by atoms with E-state index >= 15 is 0 Å². The van der Waals surface area contributed by atoms with Crippen LogP contribution >= 0.6 is 11.6 Å². The predicted molar refractivity (Wildman–Crippen MR) is 151 cm³/mol. The highest BCUT2D eigenvalue weighted by Gasteiger charge is 2.44. The Morgan fingerprint density at radius 2 is 1.59 bits per heavy atom. The van der Waals surface area contributed by atoms with Crippen LogP contribution in [0.2, 0.25) is 5.02 Å². The summed E-state index contributed by atoms with van der Waals surface area (Å²) in [6.45, 7) is 7.47. The van der Waals surface area contributed by atoms with Gasteiger partial charge in [-0.2, -0.15) is 0 Å². The van der Waals surface area contributed by atoms with Crippen molar-refractivity contribution in [2.75, 3.05) is 33.2 Å². The van der Waals surface area contributed by atoms with Crippen molar-refractivity contribution < 1.29 is 9.59 Å². The van der Waals surface area contributed by atoms with Gasteiger partial charge >= 0.3 is 0 Å². The minimum Gasteiger partial charge on any atom is -0.350 e. The molecule has 6 nitrogen and oxygen atoms in total. The minimum atomic E-state index is -0.248. The second-order valence-electron chi connectivity index (χ2n) is 12.1.